The van der Waals surface area contributed by atoms with Gasteiger partial charge in [-0.05, 0) is 37.4 Å². The summed E-state index contributed by atoms with van der Waals surface area (Å²) in [5, 5.41) is 2.93. The van der Waals surface area contributed by atoms with Crippen LogP contribution in [0.3, 0.4) is 0 Å². The van der Waals surface area contributed by atoms with Gasteiger partial charge in [-0.2, -0.15) is 0 Å². The van der Waals surface area contributed by atoms with Crippen LogP contribution in [0.2, 0.25) is 0 Å². The van der Waals surface area contributed by atoms with E-state index in [1.807, 2.05) is 60.5 Å². The Morgan fingerprint density at radius 2 is 1.75 bits per heavy atom. The monoisotopic (exact) mass is 385 g/mol. The number of nitrogens with zero attached hydrogens (tertiary/aromatic N) is 2. The van der Waals surface area contributed by atoms with Crippen molar-refractivity contribution in [3.63, 3.8) is 0 Å². The van der Waals surface area contributed by atoms with Gasteiger partial charge in [0.05, 0.1) is 13.7 Å². The molecular weight excluding hydrogens is 354 g/mol. The van der Waals surface area contributed by atoms with Gasteiger partial charge in [0.1, 0.15) is 6.61 Å². The van der Waals surface area contributed by atoms with Crippen LogP contribution in [0.15, 0.2) is 48.5 Å². The van der Waals surface area contributed by atoms with E-state index in [2.05, 4.69) is 24.1 Å². The van der Waals surface area contributed by atoms with Crippen molar-refractivity contribution in [3.05, 3.63) is 48.5 Å². The van der Waals surface area contributed by atoms with Gasteiger partial charge in [0.15, 0.2) is 11.5 Å². The number of anilines is 2. The van der Waals surface area contributed by atoms with Gasteiger partial charge >= 0.3 is 0 Å². The highest BCUT2D eigenvalue weighted by Crippen LogP contribution is 2.30. The maximum absolute atomic E-state index is 12.4. The smallest absolute Gasteiger partial charge is 0.243 e. The quantitative estimate of drug-likeness (QED) is 0.642. The van der Waals surface area contributed by atoms with Crippen molar-refractivity contribution in [2.24, 2.45) is 0 Å². The molecule has 0 aliphatic heterocycles. The highest BCUT2D eigenvalue weighted by Gasteiger charge is 2.11. The number of hydrogen-bond donors (Lipinski definition) is 1. The Bertz CT molecular complexity index is 733. The van der Waals surface area contributed by atoms with Crippen molar-refractivity contribution in [2.45, 2.75) is 13.8 Å². The van der Waals surface area contributed by atoms with E-state index in [0.29, 0.717) is 23.8 Å². The first-order valence-corrected chi connectivity index (χ1v) is 9.66. The first-order valence-electron chi connectivity index (χ1n) is 9.66. The third kappa shape index (κ3) is 6.46. The van der Waals surface area contributed by atoms with Gasteiger partial charge in [-0.3, -0.25) is 4.79 Å². The van der Waals surface area contributed by atoms with E-state index in [-0.39, 0.29) is 12.5 Å². The zero-order valence-electron chi connectivity index (χ0n) is 17.3. The molecule has 0 aromatic heterocycles. The second-order valence-electron chi connectivity index (χ2n) is 6.48. The van der Waals surface area contributed by atoms with Gasteiger partial charge in [0.25, 0.3) is 0 Å². The highest BCUT2D eigenvalue weighted by molar-refractivity contribution is 5.94. The van der Waals surface area contributed by atoms with Gasteiger partial charge in [-0.25, -0.2) is 0 Å². The molecule has 1 N–H and O–H groups in total. The standard InChI is InChI=1S/C22H31N3O3/c1-5-25(6-2)14-15-28-21-16-18(12-13-20(21)27-4)23-22(26)17-24(3)19-10-8-7-9-11-19/h7-13,16H,5-6,14-15,17H2,1-4H3,(H,23,26). The zero-order valence-corrected chi connectivity index (χ0v) is 17.3. The lowest BCUT2D eigenvalue weighted by Crippen LogP contribution is -2.30. The lowest BCUT2D eigenvalue weighted by Gasteiger charge is -2.20. The molecule has 0 heterocycles. The summed E-state index contributed by atoms with van der Waals surface area (Å²) in [4.78, 5) is 16.6. The van der Waals surface area contributed by atoms with Gasteiger partial charge in [0, 0.05) is 31.0 Å². The molecule has 1 amide bonds. The van der Waals surface area contributed by atoms with E-state index in [9.17, 15) is 4.79 Å². The normalized spacial score (nSPS) is 10.6. The van der Waals surface area contributed by atoms with Crippen molar-refractivity contribution in [1.82, 2.24) is 4.90 Å². The third-order valence-electron chi connectivity index (χ3n) is 4.58. The molecule has 0 saturated carbocycles. The van der Waals surface area contributed by atoms with Crippen LogP contribution in [0.25, 0.3) is 0 Å². The Labute approximate surface area is 168 Å². The van der Waals surface area contributed by atoms with Crippen LogP contribution in [0.5, 0.6) is 11.5 Å². The molecule has 0 aliphatic carbocycles. The zero-order chi connectivity index (χ0) is 20.4. The molecule has 0 unspecified atom stereocenters. The Kier molecular flexibility index (Phi) is 8.62. The van der Waals surface area contributed by atoms with Crippen LogP contribution in [0, 0.1) is 0 Å². The van der Waals surface area contributed by atoms with E-state index in [0.717, 1.165) is 25.3 Å². The van der Waals surface area contributed by atoms with E-state index >= 15 is 0 Å². The lowest BCUT2D eigenvalue weighted by atomic mass is 10.2. The molecule has 152 valence electrons. The van der Waals surface area contributed by atoms with Crippen LogP contribution in [-0.4, -0.2) is 57.8 Å². The van der Waals surface area contributed by atoms with E-state index in [4.69, 9.17) is 9.47 Å². The summed E-state index contributed by atoms with van der Waals surface area (Å²) in [7, 11) is 3.50. The van der Waals surface area contributed by atoms with Crippen molar-refractivity contribution in [3.8, 4) is 11.5 Å². The minimum Gasteiger partial charge on any atom is -0.493 e. The second kappa shape index (κ2) is 11.2. The van der Waals surface area contributed by atoms with Crippen LogP contribution in [0.1, 0.15) is 13.8 Å². The fourth-order valence-electron chi connectivity index (χ4n) is 2.88. The summed E-state index contributed by atoms with van der Waals surface area (Å²) >= 11 is 0. The number of benzene rings is 2. The summed E-state index contributed by atoms with van der Waals surface area (Å²) < 4.78 is 11.3. The minimum atomic E-state index is -0.0920. The average molecular weight is 386 g/mol. The van der Waals surface area contributed by atoms with Crippen molar-refractivity contribution >= 4 is 17.3 Å². The average Bonchev–Trinajstić information content (AvgIpc) is 2.72. The number of amides is 1. The van der Waals surface area contributed by atoms with Gasteiger partial charge in [-0.1, -0.05) is 32.0 Å². The molecule has 2 rings (SSSR count). The third-order valence-corrected chi connectivity index (χ3v) is 4.58. The number of hydrogen-bond acceptors (Lipinski definition) is 5. The number of nitrogens with one attached hydrogen (secondary N) is 1. The molecule has 2 aromatic rings. The molecule has 6 nitrogen and oxygen atoms in total. The molecular formula is C22H31N3O3. The summed E-state index contributed by atoms with van der Waals surface area (Å²) in [5.41, 5.74) is 1.68. The Hall–Kier alpha value is -2.73. The number of carbonyl (C=O) groups excluding carboxylic acids is 1. The first kappa shape index (κ1) is 21.6. The van der Waals surface area contributed by atoms with Crippen molar-refractivity contribution in [2.75, 3.05) is 57.2 Å². The summed E-state index contributed by atoms with van der Waals surface area (Å²) in [6.07, 6.45) is 0. The van der Waals surface area contributed by atoms with Crippen molar-refractivity contribution < 1.29 is 14.3 Å². The highest BCUT2D eigenvalue weighted by atomic mass is 16.5. The molecule has 0 fully saturated rings. The molecule has 0 saturated heterocycles. The molecule has 0 aliphatic rings. The SMILES string of the molecule is CCN(CC)CCOc1cc(NC(=O)CN(C)c2ccccc2)ccc1OC. The van der Waals surface area contributed by atoms with Gasteiger partial charge in [0.2, 0.25) is 5.91 Å². The maximum atomic E-state index is 12.4. The number of methoxy groups -OCH3 is 1. The molecule has 0 radical (unpaired) electrons. The van der Waals surface area contributed by atoms with Crippen molar-refractivity contribution in [1.29, 1.82) is 0 Å². The van der Waals surface area contributed by atoms with Crippen LogP contribution < -0.4 is 19.7 Å². The fourth-order valence-corrected chi connectivity index (χ4v) is 2.88. The number of rotatable bonds is 11. The topological polar surface area (TPSA) is 54.0 Å². The molecule has 2 aromatic carbocycles. The van der Waals surface area contributed by atoms with Gasteiger partial charge < -0.3 is 24.6 Å². The first-order chi connectivity index (χ1) is 13.6. The molecule has 0 spiro atoms. The van der Waals surface area contributed by atoms with Crippen LogP contribution in [0.4, 0.5) is 11.4 Å². The second-order valence-corrected chi connectivity index (χ2v) is 6.48. The number of para-hydroxylation sites is 1. The van der Waals surface area contributed by atoms with Gasteiger partial charge in [-0.15, -0.1) is 0 Å². The van der Waals surface area contributed by atoms with Crippen LogP contribution in [-0.2, 0) is 4.79 Å². The maximum Gasteiger partial charge on any atom is 0.243 e. The predicted octanol–water partition coefficient (Wildman–Crippen LogP) is 3.49. The molecule has 28 heavy (non-hydrogen) atoms. The Balaban J connectivity index is 1.96. The van der Waals surface area contributed by atoms with E-state index < -0.39 is 0 Å². The minimum absolute atomic E-state index is 0.0920. The molecule has 6 heteroatoms. The number of ether oxygens (including phenoxy) is 2. The fraction of sp³-hybridized carbons (Fsp3) is 0.409. The summed E-state index contributed by atoms with van der Waals surface area (Å²) in [5.74, 6) is 1.19. The molecule has 0 atom stereocenters. The number of carbonyl (C=O) groups is 1. The largest absolute Gasteiger partial charge is 0.493 e. The lowest BCUT2D eigenvalue weighted by molar-refractivity contribution is -0.114. The summed E-state index contributed by atoms with van der Waals surface area (Å²) in [6, 6.07) is 15.2. The van der Waals surface area contributed by atoms with E-state index in [1.165, 1.54) is 0 Å². The predicted molar refractivity (Wildman–Crippen MR) is 115 cm³/mol. The number of likely N-dealkylation sites (N-methyl/N-ethyl adjacent to an activating group) is 2. The Morgan fingerprint density at radius 3 is 2.39 bits per heavy atom. The summed E-state index contributed by atoms with van der Waals surface area (Å²) in [6.45, 7) is 7.90. The Morgan fingerprint density at radius 1 is 1.04 bits per heavy atom. The van der Waals surface area contributed by atoms with Crippen LogP contribution >= 0.6 is 0 Å². The van der Waals surface area contributed by atoms with E-state index in [1.54, 1.807) is 7.11 Å². The molecule has 0 bridgehead atoms.